The minimum atomic E-state index is 0.0626. The van der Waals surface area contributed by atoms with Gasteiger partial charge >= 0.3 is 0 Å². The quantitative estimate of drug-likeness (QED) is 0.620. The van der Waals surface area contributed by atoms with Crippen LogP contribution in [-0.2, 0) is 6.42 Å². The highest BCUT2D eigenvalue weighted by molar-refractivity contribution is 5.67. The molecule has 1 heterocycles. The highest BCUT2D eigenvalue weighted by Gasteiger charge is 2.09. The third-order valence-corrected chi connectivity index (χ3v) is 4.21. The van der Waals surface area contributed by atoms with Crippen molar-refractivity contribution in [3.05, 3.63) is 48.2 Å². The standard InChI is InChI=1S/C21H26N2O/c1-3-5-8-18-11-13-23-20(15-18)19-9-6-7-10-21(19)24-14-12-17(4-2)16-22/h6-7,9-11,13,15,17H,3-5,8,12,14H2,1-2H3. The van der Waals surface area contributed by atoms with E-state index in [9.17, 15) is 0 Å². The van der Waals surface area contributed by atoms with E-state index >= 15 is 0 Å². The monoisotopic (exact) mass is 322 g/mol. The smallest absolute Gasteiger partial charge is 0.128 e. The number of ether oxygens (including phenoxy) is 1. The van der Waals surface area contributed by atoms with Crippen molar-refractivity contribution in [2.75, 3.05) is 6.61 Å². The molecule has 0 spiro atoms. The fourth-order valence-electron chi connectivity index (χ4n) is 2.63. The van der Waals surface area contributed by atoms with Gasteiger partial charge in [0.25, 0.3) is 0 Å². The number of nitrogens with zero attached hydrogens (tertiary/aromatic N) is 2. The average Bonchev–Trinajstić information content (AvgIpc) is 2.64. The summed E-state index contributed by atoms with van der Waals surface area (Å²) in [6, 6.07) is 14.6. The van der Waals surface area contributed by atoms with Crippen LogP contribution in [0.1, 0.15) is 45.1 Å². The number of nitriles is 1. The lowest BCUT2D eigenvalue weighted by Crippen LogP contribution is -2.05. The van der Waals surface area contributed by atoms with Crippen molar-refractivity contribution in [3.8, 4) is 23.1 Å². The Hall–Kier alpha value is -2.34. The van der Waals surface area contributed by atoms with Crippen LogP contribution in [0.5, 0.6) is 5.75 Å². The van der Waals surface area contributed by atoms with E-state index in [2.05, 4.69) is 30.1 Å². The number of rotatable bonds is 9. The van der Waals surface area contributed by atoms with Crippen LogP contribution in [0.15, 0.2) is 42.6 Å². The summed E-state index contributed by atoms with van der Waals surface area (Å²) in [5.41, 5.74) is 3.28. The van der Waals surface area contributed by atoms with Crippen molar-refractivity contribution in [3.63, 3.8) is 0 Å². The summed E-state index contributed by atoms with van der Waals surface area (Å²) in [5.74, 6) is 0.901. The fourth-order valence-corrected chi connectivity index (χ4v) is 2.63. The highest BCUT2D eigenvalue weighted by Crippen LogP contribution is 2.29. The predicted molar refractivity (Wildman–Crippen MR) is 97.8 cm³/mol. The first-order chi connectivity index (χ1) is 11.8. The van der Waals surface area contributed by atoms with Crippen molar-refractivity contribution in [2.45, 2.75) is 46.0 Å². The Morgan fingerprint density at radius 2 is 2.04 bits per heavy atom. The van der Waals surface area contributed by atoms with E-state index in [-0.39, 0.29) is 5.92 Å². The number of unbranched alkanes of at least 4 members (excludes halogenated alkanes) is 1. The molecule has 126 valence electrons. The summed E-state index contributed by atoms with van der Waals surface area (Å²) >= 11 is 0. The van der Waals surface area contributed by atoms with Gasteiger partial charge in [-0.2, -0.15) is 5.26 Å². The van der Waals surface area contributed by atoms with Gasteiger partial charge in [0.1, 0.15) is 5.75 Å². The maximum absolute atomic E-state index is 9.04. The highest BCUT2D eigenvalue weighted by atomic mass is 16.5. The van der Waals surface area contributed by atoms with Gasteiger partial charge in [0.15, 0.2) is 0 Å². The van der Waals surface area contributed by atoms with Crippen LogP contribution in [0.3, 0.4) is 0 Å². The molecule has 0 amide bonds. The second-order valence-corrected chi connectivity index (χ2v) is 6.02. The van der Waals surface area contributed by atoms with Gasteiger partial charge in [-0.05, 0) is 55.5 Å². The zero-order chi connectivity index (χ0) is 17.2. The minimum absolute atomic E-state index is 0.0626. The molecule has 3 nitrogen and oxygen atoms in total. The maximum atomic E-state index is 9.04. The van der Waals surface area contributed by atoms with E-state index in [0.29, 0.717) is 6.61 Å². The van der Waals surface area contributed by atoms with Crippen LogP contribution in [0, 0.1) is 17.2 Å². The number of aryl methyl sites for hydroxylation is 1. The Morgan fingerprint density at radius 3 is 2.79 bits per heavy atom. The zero-order valence-corrected chi connectivity index (χ0v) is 14.7. The van der Waals surface area contributed by atoms with E-state index in [4.69, 9.17) is 10.00 Å². The third kappa shape index (κ3) is 5.09. The number of hydrogen-bond donors (Lipinski definition) is 0. The van der Waals surface area contributed by atoms with Crippen LogP contribution < -0.4 is 4.74 Å². The topological polar surface area (TPSA) is 45.9 Å². The molecule has 1 unspecified atom stereocenters. The molecule has 0 aliphatic rings. The van der Waals surface area contributed by atoms with Crippen LogP contribution in [-0.4, -0.2) is 11.6 Å². The Balaban J connectivity index is 2.12. The average molecular weight is 322 g/mol. The molecular weight excluding hydrogens is 296 g/mol. The number of hydrogen-bond acceptors (Lipinski definition) is 3. The zero-order valence-electron chi connectivity index (χ0n) is 14.7. The van der Waals surface area contributed by atoms with Gasteiger partial charge < -0.3 is 4.74 Å². The normalized spacial score (nSPS) is 11.7. The number of pyridine rings is 1. The van der Waals surface area contributed by atoms with Gasteiger partial charge in [-0.3, -0.25) is 4.98 Å². The summed E-state index contributed by atoms with van der Waals surface area (Å²) in [5, 5.41) is 9.04. The molecule has 0 saturated carbocycles. The van der Waals surface area contributed by atoms with E-state index in [1.165, 1.54) is 18.4 Å². The Bertz CT molecular complexity index is 676. The van der Waals surface area contributed by atoms with Crippen molar-refractivity contribution >= 4 is 0 Å². The van der Waals surface area contributed by atoms with E-state index < -0.39 is 0 Å². The van der Waals surface area contributed by atoms with Gasteiger partial charge in [-0.25, -0.2) is 0 Å². The maximum Gasteiger partial charge on any atom is 0.128 e. The molecule has 1 atom stereocenters. The molecule has 1 aromatic heterocycles. The van der Waals surface area contributed by atoms with E-state index in [0.717, 1.165) is 36.3 Å². The summed E-state index contributed by atoms with van der Waals surface area (Å²) in [7, 11) is 0. The Kier molecular flexibility index (Phi) is 7.29. The van der Waals surface area contributed by atoms with Gasteiger partial charge in [-0.15, -0.1) is 0 Å². The SMILES string of the molecule is CCCCc1ccnc(-c2ccccc2OCCC(C#N)CC)c1. The molecular formula is C21H26N2O. The first kappa shape index (κ1) is 18.0. The lowest BCUT2D eigenvalue weighted by molar-refractivity contribution is 0.292. The molecule has 0 aliphatic carbocycles. The molecule has 0 bridgehead atoms. The summed E-state index contributed by atoms with van der Waals surface area (Å²) in [4.78, 5) is 4.52. The summed E-state index contributed by atoms with van der Waals surface area (Å²) < 4.78 is 5.96. The molecule has 2 rings (SSSR count). The number of para-hydroxylation sites is 1. The van der Waals surface area contributed by atoms with Gasteiger partial charge in [0.05, 0.1) is 18.4 Å². The van der Waals surface area contributed by atoms with Gasteiger partial charge in [0.2, 0.25) is 0 Å². The molecule has 24 heavy (non-hydrogen) atoms. The molecule has 1 aromatic carbocycles. The summed E-state index contributed by atoms with van der Waals surface area (Å²) in [6.07, 6.45) is 6.95. The molecule has 3 heteroatoms. The second kappa shape index (κ2) is 9.72. The Morgan fingerprint density at radius 1 is 1.21 bits per heavy atom. The fraction of sp³-hybridized carbons (Fsp3) is 0.429. The van der Waals surface area contributed by atoms with Crippen molar-refractivity contribution in [1.29, 1.82) is 5.26 Å². The van der Waals surface area contributed by atoms with E-state index in [1.54, 1.807) is 0 Å². The first-order valence-electron chi connectivity index (χ1n) is 8.85. The largest absolute Gasteiger partial charge is 0.493 e. The lowest BCUT2D eigenvalue weighted by Gasteiger charge is -2.13. The minimum Gasteiger partial charge on any atom is -0.493 e. The second-order valence-electron chi connectivity index (χ2n) is 6.02. The third-order valence-electron chi connectivity index (χ3n) is 4.21. The van der Waals surface area contributed by atoms with Crippen LogP contribution in [0.25, 0.3) is 11.3 Å². The molecule has 0 N–H and O–H groups in total. The Labute approximate surface area is 145 Å². The first-order valence-corrected chi connectivity index (χ1v) is 8.85. The van der Waals surface area contributed by atoms with Gasteiger partial charge in [0, 0.05) is 17.7 Å². The summed E-state index contributed by atoms with van der Waals surface area (Å²) in [6.45, 7) is 4.79. The van der Waals surface area contributed by atoms with Crippen LogP contribution in [0.4, 0.5) is 0 Å². The lowest BCUT2D eigenvalue weighted by atomic mass is 10.0. The molecule has 0 fully saturated rings. The van der Waals surface area contributed by atoms with Crippen LogP contribution >= 0.6 is 0 Å². The molecule has 0 aliphatic heterocycles. The molecule has 2 aromatic rings. The van der Waals surface area contributed by atoms with Crippen molar-refractivity contribution in [1.82, 2.24) is 4.98 Å². The predicted octanol–water partition coefficient (Wildman–Crippen LogP) is 5.41. The van der Waals surface area contributed by atoms with Crippen molar-refractivity contribution < 1.29 is 4.74 Å². The van der Waals surface area contributed by atoms with Crippen molar-refractivity contribution in [2.24, 2.45) is 5.92 Å². The number of benzene rings is 1. The van der Waals surface area contributed by atoms with Crippen LogP contribution in [0.2, 0.25) is 0 Å². The molecule has 0 saturated heterocycles. The molecule has 0 radical (unpaired) electrons. The van der Waals surface area contributed by atoms with Gasteiger partial charge in [-0.1, -0.05) is 32.4 Å². The van der Waals surface area contributed by atoms with E-state index in [1.807, 2.05) is 37.4 Å². The number of aromatic nitrogens is 1.